The average Bonchev–Trinajstić information content (AvgIpc) is 1.90. The molecule has 9 heavy (non-hydrogen) atoms. The molecule has 48 valence electrons. The molecule has 1 N–H and O–H groups in total. The normalized spacial score (nSPS) is 9.44. The van der Waals surface area contributed by atoms with E-state index in [-0.39, 0.29) is 5.75 Å². The van der Waals surface area contributed by atoms with Crippen molar-refractivity contribution in [2.75, 3.05) is 0 Å². The Kier molecular flexibility index (Phi) is 1.97. The smallest absolute Gasteiger partial charge is 0.0350 e. The molecule has 1 aromatic carbocycles. The van der Waals surface area contributed by atoms with E-state index in [2.05, 4.69) is 0 Å². The van der Waals surface area contributed by atoms with Crippen LogP contribution in [0.3, 0.4) is 0 Å². The maximum atomic E-state index is 10.4. The summed E-state index contributed by atoms with van der Waals surface area (Å²) in [5, 5.41) is 10.4. The first-order chi connectivity index (χ1) is 4.33. The van der Waals surface area contributed by atoms with E-state index in [0.29, 0.717) is 16.9 Å². The Morgan fingerprint density at radius 1 is 1.22 bits per heavy atom. The first kappa shape index (κ1) is 6.45. The Labute approximate surface area is 57.4 Å². The van der Waals surface area contributed by atoms with E-state index in [1.807, 2.05) is 0 Å². The third-order valence-corrected chi connectivity index (χ3v) is 1.41. The highest BCUT2D eigenvalue weighted by Crippen LogP contribution is 2.15. The Morgan fingerprint density at radius 3 is 2.22 bits per heavy atom. The van der Waals surface area contributed by atoms with Crippen LogP contribution in [0.4, 0.5) is 0 Å². The Hall–Kier alpha value is -0.670. The molecule has 3 heteroatoms. The molecular weight excluding hydrogens is 136 g/mol. The van der Waals surface area contributed by atoms with E-state index in [0.717, 1.165) is 0 Å². The minimum Gasteiger partial charge on any atom is -0.872 e. The van der Waals surface area contributed by atoms with Gasteiger partial charge in [0.2, 0.25) is 0 Å². The van der Waals surface area contributed by atoms with Gasteiger partial charge in [0.25, 0.3) is 0 Å². The number of hydrogen-bond donors (Lipinski definition) is 1. The van der Waals surface area contributed by atoms with E-state index in [4.69, 9.17) is 4.55 Å². The third kappa shape index (κ3) is 1.62. The molecule has 0 aliphatic rings. The van der Waals surface area contributed by atoms with Crippen LogP contribution in [-0.4, -0.2) is 4.55 Å². The van der Waals surface area contributed by atoms with Crippen LogP contribution in [0, 0.1) is 0 Å². The highest BCUT2D eigenvalue weighted by atomic mass is 32.2. The minimum absolute atomic E-state index is 0.0344. The van der Waals surface area contributed by atoms with Crippen molar-refractivity contribution >= 4 is 12.0 Å². The first-order valence-corrected chi connectivity index (χ1v) is 3.19. The monoisotopic (exact) mass is 141 g/mol. The summed E-state index contributed by atoms with van der Waals surface area (Å²) in [5.74, 6) is -0.0344. The Bertz CT molecular complexity index is 183. The zero-order valence-corrected chi connectivity index (χ0v) is 5.39. The van der Waals surface area contributed by atoms with Gasteiger partial charge < -0.3 is 9.66 Å². The average molecular weight is 141 g/mol. The van der Waals surface area contributed by atoms with Gasteiger partial charge in [-0.25, -0.2) is 0 Å². The highest BCUT2D eigenvalue weighted by Gasteiger charge is 1.84. The van der Waals surface area contributed by atoms with Crippen LogP contribution in [0.25, 0.3) is 0 Å². The topological polar surface area (TPSA) is 43.3 Å². The standard InChI is InChI=1S/C6H6O2S/c7-5-1-3-6(9-8)4-2-5/h1-4,7-8H/p-1. The van der Waals surface area contributed by atoms with Crippen LogP contribution < -0.4 is 5.11 Å². The Morgan fingerprint density at radius 2 is 1.78 bits per heavy atom. The summed E-state index contributed by atoms with van der Waals surface area (Å²) in [6.45, 7) is 0. The maximum Gasteiger partial charge on any atom is 0.0350 e. The molecule has 0 saturated heterocycles. The lowest BCUT2D eigenvalue weighted by Gasteiger charge is -2.02. The molecule has 1 aromatic rings. The van der Waals surface area contributed by atoms with Gasteiger partial charge in [0, 0.05) is 16.9 Å². The van der Waals surface area contributed by atoms with Gasteiger partial charge in [-0.05, 0) is 12.1 Å². The predicted octanol–water partition coefficient (Wildman–Crippen LogP) is 1.33. The molecule has 0 bridgehead atoms. The molecule has 0 saturated carbocycles. The fourth-order valence-electron chi connectivity index (χ4n) is 0.501. The van der Waals surface area contributed by atoms with Gasteiger partial charge in [0.15, 0.2) is 0 Å². The van der Waals surface area contributed by atoms with Crippen LogP contribution >= 0.6 is 12.0 Å². The molecule has 0 unspecified atom stereocenters. The summed E-state index contributed by atoms with van der Waals surface area (Å²) in [6, 6.07) is 5.98. The second-order valence-electron chi connectivity index (χ2n) is 1.56. The lowest BCUT2D eigenvalue weighted by atomic mass is 10.3. The van der Waals surface area contributed by atoms with Gasteiger partial charge in [-0.15, -0.1) is 5.75 Å². The second kappa shape index (κ2) is 2.75. The van der Waals surface area contributed by atoms with Crippen molar-refractivity contribution in [2.45, 2.75) is 4.90 Å². The van der Waals surface area contributed by atoms with E-state index in [1.54, 1.807) is 12.1 Å². The molecule has 0 radical (unpaired) electrons. The van der Waals surface area contributed by atoms with Crippen molar-refractivity contribution < 1.29 is 9.66 Å². The number of rotatable bonds is 1. The van der Waals surface area contributed by atoms with Crippen molar-refractivity contribution in [1.29, 1.82) is 0 Å². The first-order valence-electron chi connectivity index (χ1n) is 2.41. The quantitative estimate of drug-likeness (QED) is 0.600. The zero-order valence-electron chi connectivity index (χ0n) is 4.57. The van der Waals surface area contributed by atoms with Crippen molar-refractivity contribution in [1.82, 2.24) is 0 Å². The van der Waals surface area contributed by atoms with E-state index in [1.165, 1.54) is 12.1 Å². The third-order valence-electron chi connectivity index (χ3n) is 0.929. The molecule has 0 spiro atoms. The molecule has 0 aliphatic heterocycles. The van der Waals surface area contributed by atoms with E-state index >= 15 is 0 Å². The van der Waals surface area contributed by atoms with E-state index < -0.39 is 0 Å². The summed E-state index contributed by atoms with van der Waals surface area (Å²) >= 11 is 0.639. The van der Waals surface area contributed by atoms with Crippen molar-refractivity contribution in [3.8, 4) is 5.75 Å². The van der Waals surface area contributed by atoms with Gasteiger partial charge in [0.1, 0.15) is 0 Å². The summed E-state index contributed by atoms with van der Waals surface area (Å²) in [7, 11) is 0. The molecule has 0 aromatic heterocycles. The van der Waals surface area contributed by atoms with E-state index in [9.17, 15) is 5.11 Å². The second-order valence-corrected chi connectivity index (χ2v) is 2.22. The maximum absolute atomic E-state index is 10.4. The van der Waals surface area contributed by atoms with Crippen LogP contribution in [0.5, 0.6) is 5.75 Å². The zero-order chi connectivity index (χ0) is 6.69. The number of hydrogen-bond acceptors (Lipinski definition) is 3. The predicted molar refractivity (Wildman–Crippen MR) is 34.4 cm³/mol. The van der Waals surface area contributed by atoms with Crippen molar-refractivity contribution in [3.05, 3.63) is 24.3 Å². The SMILES string of the molecule is [O-]c1ccc(SO)cc1. The lowest BCUT2D eigenvalue weighted by Crippen LogP contribution is -1.86. The Balaban J connectivity index is 2.88. The molecule has 0 amide bonds. The summed E-state index contributed by atoms with van der Waals surface area (Å²) < 4.78 is 8.44. The van der Waals surface area contributed by atoms with Gasteiger partial charge in [-0.2, -0.15) is 0 Å². The molecule has 0 heterocycles. The lowest BCUT2D eigenvalue weighted by molar-refractivity contribution is -0.268. The van der Waals surface area contributed by atoms with Crippen molar-refractivity contribution in [2.24, 2.45) is 0 Å². The summed E-state index contributed by atoms with van der Waals surface area (Å²) in [6.07, 6.45) is 0. The molecule has 0 atom stereocenters. The minimum atomic E-state index is -0.0344. The fourth-order valence-corrected chi connectivity index (χ4v) is 0.758. The van der Waals surface area contributed by atoms with Crippen LogP contribution in [0.15, 0.2) is 29.2 Å². The summed E-state index contributed by atoms with van der Waals surface area (Å²) in [5.41, 5.74) is 0. The van der Waals surface area contributed by atoms with Gasteiger partial charge >= 0.3 is 0 Å². The highest BCUT2D eigenvalue weighted by molar-refractivity contribution is 7.93. The summed E-state index contributed by atoms with van der Waals surface area (Å²) in [4.78, 5) is 0.689. The fraction of sp³-hybridized carbons (Fsp3) is 0. The van der Waals surface area contributed by atoms with Gasteiger partial charge in [0.05, 0.1) is 0 Å². The van der Waals surface area contributed by atoms with Crippen LogP contribution in [-0.2, 0) is 0 Å². The molecular formula is C6H5O2S-. The molecule has 0 fully saturated rings. The van der Waals surface area contributed by atoms with Crippen LogP contribution in [0.1, 0.15) is 0 Å². The van der Waals surface area contributed by atoms with Crippen LogP contribution in [0.2, 0.25) is 0 Å². The molecule has 1 rings (SSSR count). The molecule has 0 aliphatic carbocycles. The van der Waals surface area contributed by atoms with Crippen molar-refractivity contribution in [3.63, 3.8) is 0 Å². The molecule has 2 nitrogen and oxygen atoms in total. The van der Waals surface area contributed by atoms with Gasteiger partial charge in [-0.1, -0.05) is 12.1 Å². The van der Waals surface area contributed by atoms with Gasteiger partial charge in [-0.3, -0.25) is 0 Å². The largest absolute Gasteiger partial charge is 0.872 e. The number of benzene rings is 1.